The molecule has 21 heavy (non-hydrogen) atoms. The van der Waals surface area contributed by atoms with Gasteiger partial charge in [0.15, 0.2) is 0 Å². The van der Waals surface area contributed by atoms with Gasteiger partial charge in [-0.1, -0.05) is 34.1 Å². The second kappa shape index (κ2) is 6.76. The van der Waals surface area contributed by atoms with Crippen LogP contribution in [-0.4, -0.2) is 17.4 Å². The molecule has 0 fully saturated rings. The normalized spacial score (nSPS) is 10.4. The topological polar surface area (TPSA) is 46.3 Å². The van der Waals surface area contributed by atoms with E-state index in [1.54, 1.807) is 0 Å². The number of nitrogen functional groups attached to an aromatic ring is 1. The van der Waals surface area contributed by atoms with Gasteiger partial charge in [-0.2, -0.15) is 0 Å². The minimum absolute atomic E-state index is 0.0492. The molecule has 2 aromatic rings. The van der Waals surface area contributed by atoms with E-state index in [1.165, 1.54) is 0 Å². The molecule has 110 valence electrons. The molecule has 0 spiro atoms. The van der Waals surface area contributed by atoms with Crippen LogP contribution in [0.3, 0.4) is 0 Å². The van der Waals surface area contributed by atoms with E-state index in [2.05, 4.69) is 15.9 Å². The Labute approximate surface area is 133 Å². The number of amides is 1. The summed E-state index contributed by atoms with van der Waals surface area (Å²) < 4.78 is 0.955. The summed E-state index contributed by atoms with van der Waals surface area (Å²) in [6, 6.07) is 13.3. The van der Waals surface area contributed by atoms with Crippen molar-refractivity contribution in [2.45, 2.75) is 20.4 Å². The number of nitrogens with zero attached hydrogens (tertiary/aromatic N) is 1. The zero-order chi connectivity index (χ0) is 15.4. The fourth-order valence-corrected chi connectivity index (χ4v) is 2.55. The molecule has 3 nitrogen and oxygen atoms in total. The molecule has 2 rings (SSSR count). The Morgan fingerprint density at radius 2 is 1.86 bits per heavy atom. The van der Waals surface area contributed by atoms with Gasteiger partial charge in [-0.05, 0) is 49.2 Å². The van der Waals surface area contributed by atoms with Crippen LogP contribution in [0.1, 0.15) is 28.4 Å². The molecule has 0 saturated heterocycles. The van der Waals surface area contributed by atoms with E-state index >= 15 is 0 Å². The SMILES string of the molecule is CCN(Cc1ccc(N)cc1)C(=O)c1cccc(Br)c1C. The summed E-state index contributed by atoms with van der Waals surface area (Å²) in [6.45, 7) is 5.19. The van der Waals surface area contributed by atoms with Crippen molar-refractivity contribution in [1.82, 2.24) is 4.90 Å². The number of nitrogens with two attached hydrogens (primary N) is 1. The van der Waals surface area contributed by atoms with Gasteiger partial charge >= 0.3 is 0 Å². The van der Waals surface area contributed by atoms with Gasteiger partial charge in [0.05, 0.1) is 0 Å². The molecule has 0 atom stereocenters. The van der Waals surface area contributed by atoms with Crippen LogP contribution in [0.5, 0.6) is 0 Å². The Balaban J connectivity index is 2.22. The van der Waals surface area contributed by atoms with Crippen molar-refractivity contribution in [2.24, 2.45) is 0 Å². The summed E-state index contributed by atoms with van der Waals surface area (Å²) in [6.07, 6.45) is 0. The third kappa shape index (κ3) is 3.64. The van der Waals surface area contributed by atoms with Crippen molar-refractivity contribution < 1.29 is 4.79 Å². The van der Waals surface area contributed by atoms with Gasteiger partial charge in [0, 0.05) is 28.8 Å². The molecule has 0 unspecified atom stereocenters. The quantitative estimate of drug-likeness (QED) is 0.850. The highest BCUT2D eigenvalue weighted by Crippen LogP contribution is 2.21. The van der Waals surface area contributed by atoms with E-state index in [0.29, 0.717) is 13.1 Å². The van der Waals surface area contributed by atoms with Crippen LogP contribution >= 0.6 is 15.9 Å². The predicted octanol–water partition coefficient (Wildman–Crippen LogP) is 4.00. The van der Waals surface area contributed by atoms with E-state index in [1.807, 2.05) is 61.2 Å². The summed E-state index contributed by atoms with van der Waals surface area (Å²) in [5.74, 6) is 0.0492. The standard InChI is InChI=1S/C17H19BrN2O/c1-3-20(11-13-7-9-14(19)10-8-13)17(21)15-5-4-6-16(18)12(15)2/h4-10H,3,11,19H2,1-2H3. The highest BCUT2D eigenvalue weighted by atomic mass is 79.9. The second-order valence-corrected chi connectivity index (χ2v) is 5.83. The van der Waals surface area contributed by atoms with E-state index in [0.717, 1.165) is 26.9 Å². The molecular formula is C17H19BrN2O. The number of carbonyl (C=O) groups is 1. The monoisotopic (exact) mass is 346 g/mol. The maximum Gasteiger partial charge on any atom is 0.254 e. The summed E-state index contributed by atoms with van der Waals surface area (Å²) in [5, 5.41) is 0. The van der Waals surface area contributed by atoms with Crippen LogP contribution in [0.15, 0.2) is 46.9 Å². The van der Waals surface area contributed by atoms with Crippen LogP contribution in [0.4, 0.5) is 5.69 Å². The minimum Gasteiger partial charge on any atom is -0.399 e. The van der Waals surface area contributed by atoms with Crippen molar-refractivity contribution in [3.05, 3.63) is 63.6 Å². The zero-order valence-corrected chi connectivity index (χ0v) is 13.9. The van der Waals surface area contributed by atoms with E-state index < -0.39 is 0 Å². The first-order chi connectivity index (χ1) is 10.0. The highest BCUT2D eigenvalue weighted by Gasteiger charge is 2.17. The summed E-state index contributed by atoms with van der Waals surface area (Å²) in [5.41, 5.74) is 9.21. The Morgan fingerprint density at radius 3 is 2.48 bits per heavy atom. The molecule has 0 aliphatic heterocycles. The third-order valence-corrected chi connectivity index (χ3v) is 4.38. The molecular weight excluding hydrogens is 328 g/mol. The highest BCUT2D eigenvalue weighted by molar-refractivity contribution is 9.10. The number of anilines is 1. The predicted molar refractivity (Wildman–Crippen MR) is 90.1 cm³/mol. The maximum atomic E-state index is 12.7. The number of carbonyl (C=O) groups excluding carboxylic acids is 1. The molecule has 0 radical (unpaired) electrons. The summed E-state index contributed by atoms with van der Waals surface area (Å²) >= 11 is 3.48. The molecule has 0 aromatic heterocycles. The van der Waals surface area contributed by atoms with E-state index in [9.17, 15) is 4.79 Å². The lowest BCUT2D eigenvalue weighted by Crippen LogP contribution is -2.30. The van der Waals surface area contributed by atoms with Gasteiger partial charge < -0.3 is 10.6 Å². The Hall–Kier alpha value is -1.81. The molecule has 2 aromatic carbocycles. The van der Waals surface area contributed by atoms with Gasteiger partial charge in [0.2, 0.25) is 0 Å². The van der Waals surface area contributed by atoms with E-state index in [4.69, 9.17) is 5.73 Å². The Kier molecular flexibility index (Phi) is 5.02. The van der Waals surface area contributed by atoms with E-state index in [-0.39, 0.29) is 5.91 Å². The van der Waals surface area contributed by atoms with Gasteiger partial charge in [-0.15, -0.1) is 0 Å². The lowest BCUT2D eigenvalue weighted by Gasteiger charge is -2.22. The van der Waals surface area contributed by atoms with Crippen molar-refractivity contribution >= 4 is 27.5 Å². The van der Waals surface area contributed by atoms with Gasteiger partial charge in [0.1, 0.15) is 0 Å². The fraction of sp³-hybridized carbons (Fsp3) is 0.235. The van der Waals surface area contributed by atoms with Crippen molar-refractivity contribution in [3.63, 3.8) is 0 Å². The van der Waals surface area contributed by atoms with Crippen LogP contribution in [-0.2, 0) is 6.54 Å². The summed E-state index contributed by atoms with van der Waals surface area (Å²) in [4.78, 5) is 14.5. The van der Waals surface area contributed by atoms with Crippen LogP contribution in [0.2, 0.25) is 0 Å². The number of benzene rings is 2. The first-order valence-corrected chi connectivity index (χ1v) is 7.71. The molecule has 0 aliphatic rings. The van der Waals surface area contributed by atoms with Crippen LogP contribution < -0.4 is 5.73 Å². The average Bonchev–Trinajstić information content (AvgIpc) is 2.49. The molecule has 0 saturated carbocycles. The van der Waals surface area contributed by atoms with Crippen LogP contribution in [0, 0.1) is 6.92 Å². The first-order valence-electron chi connectivity index (χ1n) is 6.91. The second-order valence-electron chi connectivity index (χ2n) is 4.97. The molecule has 0 heterocycles. The first kappa shape index (κ1) is 15.6. The zero-order valence-electron chi connectivity index (χ0n) is 12.3. The molecule has 0 aliphatic carbocycles. The molecule has 4 heteroatoms. The minimum atomic E-state index is 0.0492. The van der Waals surface area contributed by atoms with Gasteiger partial charge in [-0.3, -0.25) is 4.79 Å². The Bertz CT molecular complexity index is 638. The third-order valence-electron chi connectivity index (χ3n) is 3.52. The maximum absolute atomic E-state index is 12.7. The lowest BCUT2D eigenvalue weighted by atomic mass is 10.1. The Morgan fingerprint density at radius 1 is 1.19 bits per heavy atom. The number of halogens is 1. The summed E-state index contributed by atoms with van der Waals surface area (Å²) in [7, 11) is 0. The molecule has 0 bridgehead atoms. The molecule has 2 N–H and O–H groups in total. The largest absolute Gasteiger partial charge is 0.399 e. The van der Waals surface area contributed by atoms with Crippen molar-refractivity contribution in [1.29, 1.82) is 0 Å². The lowest BCUT2D eigenvalue weighted by molar-refractivity contribution is 0.0752. The van der Waals surface area contributed by atoms with Gasteiger partial charge in [0.25, 0.3) is 5.91 Å². The average molecular weight is 347 g/mol. The van der Waals surface area contributed by atoms with Gasteiger partial charge in [-0.25, -0.2) is 0 Å². The fourth-order valence-electron chi connectivity index (χ4n) is 2.18. The smallest absolute Gasteiger partial charge is 0.254 e. The van der Waals surface area contributed by atoms with Crippen molar-refractivity contribution in [2.75, 3.05) is 12.3 Å². The number of hydrogen-bond donors (Lipinski definition) is 1. The number of rotatable bonds is 4. The molecule has 1 amide bonds. The number of hydrogen-bond acceptors (Lipinski definition) is 2. The van der Waals surface area contributed by atoms with Crippen molar-refractivity contribution in [3.8, 4) is 0 Å². The van der Waals surface area contributed by atoms with Crippen LogP contribution in [0.25, 0.3) is 0 Å².